The van der Waals surface area contributed by atoms with Crippen molar-refractivity contribution in [2.24, 2.45) is 0 Å². The number of hydrogen-bond acceptors (Lipinski definition) is 9. The summed E-state index contributed by atoms with van der Waals surface area (Å²) in [6.07, 6.45) is 5.41. The Morgan fingerprint density at radius 1 is 0.795 bits per heavy atom. The molecule has 4 rings (SSSR count). The van der Waals surface area contributed by atoms with Crippen LogP contribution in [0.5, 0.6) is 11.5 Å². The van der Waals surface area contributed by atoms with Crippen molar-refractivity contribution < 1.29 is 38.5 Å². The second-order valence-corrected chi connectivity index (χ2v) is 12.5. The number of pyridine rings is 2. The molecule has 2 saturated carbocycles. The number of anilines is 4. The number of aromatic nitrogens is 2. The van der Waals surface area contributed by atoms with Crippen molar-refractivity contribution in [2.75, 3.05) is 20.9 Å². The van der Waals surface area contributed by atoms with Crippen LogP contribution in [0, 0.1) is 0 Å². The molecule has 2 aromatic heterocycles. The van der Waals surface area contributed by atoms with Gasteiger partial charge in [0.2, 0.25) is 11.8 Å². The molecule has 44 heavy (non-hydrogen) atoms. The van der Waals surface area contributed by atoms with E-state index in [4.69, 9.17) is 14.2 Å². The minimum Gasteiger partial charge on any atom is -0.487 e. The van der Waals surface area contributed by atoms with E-state index >= 15 is 0 Å². The average Bonchev–Trinajstić information content (AvgIpc) is 3.77. The largest absolute Gasteiger partial charge is 0.487 e. The van der Waals surface area contributed by atoms with E-state index in [-0.39, 0.29) is 24.0 Å². The van der Waals surface area contributed by atoms with Gasteiger partial charge >= 0.3 is 12.2 Å². The number of amides is 4. The van der Waals surface area contributed by atoms with E-state index < -0.39 is 23.3 Å². The first-order valence-electron chi connectivity index (χ1n) is 14.3. The summed E-state index contributed by atoms with van der Waals surface area (Å²) < 4.78 is 16.7. The zero-order chi connectivity index (χ0) is 32.8. The predicted octanol–water partition coefficient (Wildman–Crippen LogP) is 5.79. The standard InChI is InChI=1S/2C15H21N3O4/c1-9(19)17-13-7-11(18-14(20)22-15(2,3)4)12(8-16-13)21-10-5-6-10;1-9(19)17-13-7-11(18(14(20)21)15(2,3)4)12(8-16-13)22-10-5-6-10/h7-8,10H,5-6H2,1-4H3,(H2,16,17,18,19,20);7-8,10H,5-6H2,1-4H3,(H,20,21)(H,16,17,19). The van der Waals surface area contributed by atoms with Crippen LogP contribution in [0.3, 0.4) is 0 Å². The molecule has 0 aromatic carbocycles. The van der Waals surface area contributed by atoms with Gasteiger partial charge in [-0.2, -0.15) is 0 Å². The lowest BCUT2D eigenvalue weighted by Crippen LogP contribution is -2.45. The summed E-state index contributed by atoms with van der Waals surface area (Å²) in [5, 5.41) is 17.3. The lowest BCUT2D eigenvalue weighted by Gasteiger charge is -2.34. The average molecular weight is 615 g/mol. The number of carbonyl (C=O) groups is 4. The van der Waals surface area contributed by atoms with E-state index in [2.05, 4.69) is 25.9 Å². The maximum Gasteiger partial charge on any atom is 0.412 e. The summed E-state index contributed by atoms with van der Waals surface area (Å²) in [6, 6.07) is 3.07. The van der Waals surface area contributed by atoms with Crippen LogP contribution in [0.4, 0.5) is 32.6 Å². The second kappa shape index (κ2) is 13.8. The van der Waals surface area contributed by atoms with Gasteiger partial charge in [-0.15, -0.1) is 0 Å². The highest BCUT2D eigenvalue weighted by atomic mass is 16.6. The van der Waals surface area contributed by atoms with Crippen LogP contribution in [0.25, 0.3) is 0 Å². The van der Waals surface area contributed by atoms with Crippen LogP contribution in [0.2, 0.25) is 0 Å². The van der Waals surface area contributed by atoms with Gasteiger partial charge < -0.3 is 30.0 Å². The van der Waals surface area contributed by atoms with Crippen molar-refractivity contribution >= 4 is 47.0 Å². The van der Waals surface area contributed by atoms with Gasteiger partial charge in [0.05, 0.1) is 36.0 Å². The van der Waals surface area contributed by atoms with Crippen molar-refractivity contribution in [3.05, 3.63) is 24.5 Å². The molecule has 240 valence electrons. The van der Waals surface area contributed by atoms with Crippen molar-refractivity contribution in [1.82, 2.24) is 9.97 Å². The summed E-state index contributed by atoms with van der Waals surface area (Å²) in [6.45, 7) is 13.5. The molecular formula is C30H42N6O8. The maximum absolute atomic E-state index is 11.9. The van der Waals surface area contributed by atoms with Crippen molar-refractivity contribution in [3.8, 4) is 11.5 Å². The Morgan fingerprint density at radius 2 is 1.27 bits per heavy atom. The molecule has 4 amide bonds. The van der Waals surface area contributed by atoms with Gasteiger partial charge in [-0.3, -0.25) is 19.8 Å². The zero-order valence-electron chi connectivity index (χ0n) is 26.4. The summed E-state index contributed by atoms with van der Waals surface area (Å²) in [7, 11) is 0. The van der Waals surface area contributed by atoms with E-state index in [1.165, 1.54) is 37.2 Å². The zero-order valence-corrected chi connectivity index (χ0v) is 26.4. The minimum atomic E-state index is -1.09. The second-order valence-electron chi connectivity index (χ2n) is 12.5. The fourth-order valence-corrected chi connectivity index (χ4v) is 3.73. The predicted molar refractivity (Wildman–Crippen MR) is 164 cm³/mol. The van der Waals surface area contributed by atoms with Crippen LogP contribution in [0.15, 0.2) is 24.5 Å². The Hall–Kier alpha value is -4.62. The highest BCUT2D eigenvalue weighted by Crippen LogP contribution is 2.38. The molecule has 0 spiro atoms. The van der Waals surface area contributed by atoms with Gasteiger partial charge in [-0.1, -0.05) is 0 Å². The molecule has 2 aromatic rings. The Labute approximate surface area is 256 Å². The smallest absolute Gasteiger partial charge is 0.412 e. The first kappa shape index (κ1) is 33.9. The Kier molecular flexibility index (Phi) is 10.6. The van der Waals surface area contributed by atoms with E-state index in [0.717, 1.165) is 25.7 Å². The topological polar surface area (TPSA) is 181 Å². The molecule has 0 aliphatic heterocycles. The minimum absolute atomic E-state index is 0.114. The van der Waals surface area contributed by atoms with Crippen molar-refractivity contribution in [1.29, 1.82) is 0 Å². The number of nitrogens with zero attached hydrogens (tertiary/aromatic N) is 3. The molecule has 0 radical (unpaired) electrons. The van der Waals surface area contributed by atoms with Crippen LogP contribution in [-0.2, 0) is 14.3 Å². The molecule has 0 saturated heterocycles. The molecule has 14 nitrogen and oxygen atoms in total. The Balaban J connectivity index is 0.000000240. The SMILES string of the molecule is CC(=O)Nc1cc(N(C(=O)O)C(C)(C)C)c(OC2CC2)cn1.CC(=O)Nc1cc(NC(=O)OC(C)(C)C)c(OC2CC2)cn1. The van der Waals surface area contributed by atoms with Gasteiger partial charge in [0.15, 0.2) is 11.5 Å². The Morgan fingerprint density at radius 3 is 1.70 bits per heavy atom. The number of rotatable bonds is 8. The van der Waals surface area contributed by atoms with E-state index in [9.17, 15) is 24.3 Å². The normalized spacial score (nSPS) is 14.3. The molecule has 0 unspecified atom stereocenters. The number of ether oxygens (including phenoxy) is 3. The summed E-state index contributed by atoms with van der Waals surface area (Å²) in [5.41, 5.74) is -0.470. The molecule has 0 atom stereocenters. The summed E-state index contributed by atoms with van der Waals surface area (Å²) in [5.74, 6) is 0.984. The summed E-state index contributed by atoms with van der Waals surface area (Å²) in [4.78, 5) is 55.3. The van der Waals surface area contributed by atoms with E-state index in [1.54, 1.807) is 47.6 Å². The number of nitrogens with one attached hydrogen (secondary N) is 3. The number of carboxylic acid groups (broad SMARTS) is 1. The van der Waals surface area contributed by atoms with Crippen molar-refractivity contribution in [3.63, 3.8) is 0 Å². The van der Waals surface area contributed by atoms with Crippen LogP contribution < -0.4 is 30.3 Å². The van der Waals surface area contributed by atoms with Crippen molar-refractivity contribution in [2.45, 2.75) is 104 Å². The number of carbonyl (C=O) groups excluding carboxylic acids is 3. The first-order valence-corrected chi connectivity index (χ1v) is 14.3. The van der Waals surface area contributed by atoms with Gasteiger partial charge in [-0.25, -0.2) is 19.6 Å². The van der Waals surface area contributed by atoms with Crippen LogP contribution in [-0.4, -0.2) is 62.4 Å². The molecule has 2 heterocycles. The van der Waals surface area contributed by atoms with Gasteiger partial charge in [0.1, 0.15) is 17.2 Å². The monoisotopic (exact) mass is 614 g/mol. The maximum atomic E-state index is 11.9. The first-order chi connectivity index (χ1) is 20.4. The third-order valence-electron chi connectivity index (χ3n) is 5.70. The molecular weight excluding hydrogens is 572 g/mol. The van der Waals surface area contributed by atoms with Gasteiger partial charge in [-0.05, 0) is 67.2 Å². The molecule has 14 heteroatoms. The molecule has 2 aliphatic rings. The quantitative estimate of drug-likeness (QED) is 0.284. The fraction of sp³-hybridized carbons (Fsp3) is 0.533. The van der Waals surface area contributed by atoms with Crippen LogP contribution in [0.1, 0.15) is 81.1 Å². The third-order valence-corrected chi connectivity index (χ3v) is 5.70. The fourth-order valence-electron chi connectivity index (χ4n) is 3.73. The highest BCUT2D eigenvalue weighted by molar-refractivity contribution is 5.93. The lowest BCUT2D eigenvalue weighted by molar-refractivity contribution is -0.115. The van der Waals surface area contributed by atoms with Crippen LogP contribution >= 0.6 is 0 Å². The third kappa shape index (κ3) is 11.2. The van der Waals surface area contributed by atoms with Gasteiger partial charge in [0.25, 0.3) is 0 Å². The molecule has 2 aliphatic carbocycles. The van der Waals surface area contributed by atoms with Gasteiger partial charge in [0, 0.05) is 31.5 Å². The molecule has 2 fully saturated rings. The summed E-state index contributed by atoms with van der Waals surface area (Å²) >= 11 is 0. The Bertz CT molecular complexity index is 1370. The highest BCUT2D eigenvalue weighted by Gasteiger charge is 2.33. The number of hydrogen-bond donors (Lipinski definition) is 4. The molecule has 0 bridgehead atoms. The van der Waals surface area contributed by atoms with E-state index in [0.29, 0.717) is 34.5 Å². The lowest BCUT2D eigenvalue weighted by atomic mass is 10.1. The van der Waals surface area contributed by atoms with E-state index in [1.807, 2.05) is 0 Å². The molecule has 4 N–H and O–H groups in total.